The lowest BCUT2D eigenvalue weighted by atomic mass is 9.97. The van der Waals surface area contributed by atoms with Crippen LogP contribution in [0.3, 0.4) is 0 Å². The number of nitrogens with one attached hydrogen (secondary N) is 1. The number of allylic oxidation sites excluding steroid dienone is 1. The van der Waals surface area contributed by atoms with Gasteiger partial charge in [-0.2, -0.15) is 0 Å². The largest absolute Gasteiger partial charge is 0.329 e. The summed E-state index contributed by atoms with van der Waals surface area (Å²) in [6.45, 7) is 12.7. The van der Waals surface area contributed by atoms with Crippen molar-refractivity contribution in [2.24, 2.45) is 5.41 Å². The molecular formula is C17H28N4O2. The molecule has 6 heteroatoms. The Balaban J connectivity index is 0.00000127. The van der Waals surface area contributed by atoms with Gasteiger partial charge in [-0.05, 0) is 5.41 Å². The molecular weight excluding hydrogens is 292 g/mol. The van der Waals surface area contributed by atoms with E-state index < -0.39 is 0 Å². The smallest absolute Gasteiger partial charge is 0.290 e. The van der Waals surface area contributed by atoms with Gasteiger partial charge in [0.2, 0.25) is 5.91 Å². The Morgan fingerprint density at radius 1 is 1.30 bits per heavy atom. The maximum absolute atomic E-state index is 12.0. The van der Waals surface area contributed by atoms with Crippen molar-refractivity contribution in [1.29, 1.82) is 0 Å². The van der Waals surface area contributed by atoms with Crippen LogP contribution in [-0.2, 0) is 11.2 Å². The molecule has 2 heterocycles. The number of imidazole rings is 1. The van der Waals surface area contributed by atoms with Crippen molar-refractivity contribution in [3.8, 4) is 0 Å². The maximum Gasteiger partial charge on any atom is 0.329 e. The monoisotopic (exact) mass is 320 g/mol. The summed E-state index contributed by atoms with van der Waals surface area (Å²) in [5.74, 6) is 1.34. The third kappa shape index (κ3) is 4.94. The van der Waals surface area contributed by atoms with E-state index in [0.29, 0.717) is 18.8 Å². The molecule has 0 aromatic carbocycles. The van der Waals surface area contributed by atoms with E-state index in [1.807, 2.05) is 31.5 Å². The minimum atomic E-state index is -0.390. The Labute approximate surface area is 138 Å². The van der Waals surface area contributed by atoms with Crippen LogP contribution in [0.2, 0.25) is 0 Å². The highest BCUT2D eigenvalue weighted by molar-refractivity contribution is 6.05. The second kappa shape index (κ2) is 7.94. The average molecular weight is 320 g/mol. The van der Waals surface area contributed by atoms with E-state index in [1.165, 1.54) is 0 Å². The number of aromatic nitrogens is 2. The fraction of sp³-hybridized carbons (Fsp3) is 0.588. The fourth-order valence-electron chi connectivity index (χ4n) is 2.09. The molecule has 0 unspecified atom stereocenters. The van der Waals surface area contributed by atoms with Crippen LogP contribution >= 0.6 is 0 Å². The van der Waals surface area contributed by atoms with Crippen LogP contribution in [-0.4, -0.2) is 28.0 Å². The molecule has 0 saturated carbocycles. The number of rotatable bonds is 3. The highest BCUT2D eigenvalue weighted by Crippen LogP contribution is 2.22. The molecule has 1 aromatic heterocycles. The first-order chi connectivity index (χ1) is 10.8. The number of hydrogen-bond acceptors (Lipinski definition) is 3. The quantitative estimate of drug-likeness (QED) is 0.927. The number of urea groups is 1. The first-order valence-electron chi connectivity index (χ1n) is 8.18. The van der Waals surface area contributed by atoms with Crippen molar-refractivity contribution in [2.75, 3.05) is 11.4 Å². The van der Waals surface area contributed by atoms with Crippen molar-refractivity contribution >= 4 is 24.0 Å². The Bertz CT molecular complexity index is 582. The minimum absolute atomic E-state index is 0.0344. The van der Waals surface area contributed by atoms with Gasteiger partial charge in [-0.25, -0.2) is 9.78 Å². The number of imide groups is 1. The van der Waals surface area contributed by atoms with Crippen molar-refractivity contribution in [1.82, 2.24) is 14.9 Å². The molecule has 3 amide bonds. The van der Waals surface area contributed by atoms with Crippen LogP contribution in [0.4, 0.5) is 10.6 Å². The zero-order valence-electron chi connectivity index (χ0n) is 15.0. The zero-order valence-corrected chi connectivity index (χ0v) is 15.0. The van der Waals surface area contributed by atoms with Gasteiger partial charge < -0.3 is 0 Å². The van der Waals surface area contributed by atoms with E-state index in [-0.39, 0.29) is 17.4 Å². The predicted molar refractivity (Wildman–Crippen MR) is 93.2 cm³/mol. The molecule has 0 spiro atoms. The number of amides is 3. The topological polar surface area (TPSA) is 67.2 Å². The Hall–Kier alpha value is -2.11. The van der Waals surface area contributed by atoms with Crippen molar-refractivity contribution in [3.05, 3.63) is 18.1 Å². The van der Waals surface area contributed by atoms with E-state index in [9.17, 15) is 9.59 Å². The van der Waals surface area contributed by atoms with Gasteiger partial charge in [0, 0.05) is 25.6 Å². The summed E-state index contributed by atoms with van der Waals surface area (Å²) in [6.07, 6.45) is 6.78. The van der Waals surface area contributed by atoms with Crippen molar-refractivity contribution in [3.63, 3.8) is 0 Å². The molecule has 1 fully saturated rings. The number of anilines is 1. The zero-order chi connectivity index (χ0) is 17.6. The SMILES string of the molecule is CC.CCc1ncc(N2CCC(=O)NC2=O)n1/C=C\C(C)(C)C. The molecule has 0 aliphatic carbocycles. The first-order valence-corrected chi connectivity index (χ1v) is 8.18. The first kappa shape index (κ1) is 18.9. The van der Waals surface area contributed by atoms with Crippen LogP contribution in [0.25, 0.3) is 6.20 Å². The number of nitrogens with zero attached hydrogens (tertiary/aromatic N) is 3. The Morgan fingerprint density at radius 3 is 2.48 bits per heavy atom. The molecule has 23 heavy (non-hydrogen) atoms. The lowest BCUT2D eigenvalue weighted by Crippen LogP contribution is -2.50. The summed E-state index contributed by atoms with van der Waals surface area (Å²) in [5, 5.41) is 2.34. The summed E-state index contributed by atoms with van der Waals surface area (Å²) in [6, 6.07) is -0.390. The van der Waals surface area contributed by atoms with Crippen LogP contribution in [0.1, 0.15) is 53.8 Å². The molecule has 1 aromatic rings. The summed E-state index contributed by atoms with van der Waals surface area (Å²) in [5.41, 5.74) is 0.0344. The molecule has 1 saturated heterocycles. The number of aryl methyl sites for hydroxylation is 1. The summed E-state index contributed by atoms with van der Waals surface area (Å²) in [4.78, 5) is 29.2. The molecule has 1 aliphatic rings. The molecule has 128 valence electrons. The number of carbonyl (C=O) groups excluding carboxylic acids is 2. The second-order valence-electron chi connectivity index (χ2n) is 6.19. The van der Waals surface area contributed by atoms with Gasteiger partial charge in [-0.3, -0.25) is 19.6 Å². The van der Waals surface area contributed by atoms with Crippen LogP contribution in [0.5, 0.6) is 0 Å². The van der Waals surface area contributed by atoms with E-state index in [2.05, 4.69) is 37.1 Å². The van der Waals surface area contributed by atoms with Crippen molar-refractivity contribution < 1.29 is 9.59 Å². The average Bonchev–Trinajstić information content (AvgIpc) is 2.89. The fourth-order valence-corrected chi connectivity index (χ4v) is 2.09. The van der Waals surface area contributed by atoms with Crippen molar-refractivity contribution in [2.45, 2.75) is 54.4 Å². The molecule has 0 radical (unpaired) electrons. The minimum Gasteiger partial charge on any atom is -0.290 e. The summed E-state index contributed by atoms with van der Waals surface area (Å²) in [7, 11) is 0. The molecule has 6 nitrogen and oxygen atoms in total. The standard InChI is InChI=1S/C15H22N4O2.C2H6/c1-5-11-16-10-13(18(11)9-7-15(2,3)4)19-8-6-12(20)17-14(19)21;1-2/h7,9-10H,5-6,8H2,1-4H3,(H,17,20,21);1-2H3/b9-7-;. The van der Waals surface area contributed by atoms with Gasteiger partial charge in [-0.15, -0.1) is 0 Å². The van der Waals surface area contributed by atoms with E-state index in [4.69, 9.17) is 0 Å². The normalized spacial score (nSPS) is 15.5. The van der Waals surface area contributed by atoms with E-state index >= 15 is 0 Å². The van der Waals surface area contributed by atoms with Gasteiger partial charge in [-0.1, -0.05) is 47.6 Å². The highest BCUT2D eigenvalue weighted by atomic mass is 16.2. The molecule has 2 rings (SSSR count). The van der Waals surface area contributed by atoms with Crippen LogP contribution in [0.15, 0.2) is 12.3 Å². The second-order valence-corrected chi connectivity index (χ2v) is 6.19. The lowest BCUT2D eigenvalue weighted by Gasteiger charge is -2.26. The van der Waals surface area contributed by atoms with Crippen LogP contribution < -0.4 is 10.2 Å². The predicted octanol–water partition coefficient (Wildman–Crippen LogP) is 3.43. The molecule has 0 bridgehead atoms. The number of carbonyl (C=O) groups is 2. The molecule has 1 N–H and O–H groups in total. The third-order valence-electron chi connectivity index (χ3n) is 3.22. The van der Waals surface area contributed by atoms with Gasteiger partial charge in [0.25, 0.3) is 0 Å². The maximum atomic E-state index is 12.0. The Kier molecular flexibility index (Phi) is 6.54. The summed E-state index contributed by atoms with van der Waals surface area (Å²) >= 11 is 0. The molecule has 0 atom stereocenters. The highest BCUT2D eigenvalue weighted by Gasteiger charge is 2.27. The van der Waals surface area contributed by atoms with Gasteiger partial charge in [0.05, 0.1) is 6.20 Å². The Morgan fingerprint density at radius 2 is 1.96 bits per heavy atom. The van der Waals surface area contributed by atoms with Gasteiger partial charge >= 0.3 is 6.03 Å². The third-order valence-corrected chi connectivity index (χ3v) is 3.22. The van der Waals surface area contributed by atoms with Gasteiger partial charge in [0.1, 0.15) is 11.6 Å². The molecule has 1 aliphatic heterocycles. The van der Waals surface area contributed by atoms with E-state index in [1.54, 1.807) is 11.1 Å². The van der Waals surface area contributed by atoms with Crippen LogP contribution in [0, 0.1) is 5.41 Å². The lowest BCUT2D eigenvalue weighted by molar-refractivity contribution is -0.120. The van der Waals surface area contributed by atoms with E-state index in [0.717, 1.165) is 12.2 Å². The number of hydrogen-bond donors (Lipinski definition) is 1. The van der Waals surface area contributed by atoms with Gasteiger partial charge in [0.15, 0.2) is 0 Å². The summed E-state index contributed by atoms with van der Waals surface area (Å²) < 4.78 is 1.92.